The van der Waals surface area contributed by atoms with E-state index >= 15 is 0 Å². The molecule has 1 rings (SSSR count). The van der Waals surface area contributed by atoms with Crippen molar-refractivity contribution in [2.45, 2.75) is 26.2 Å². The number of hydrogen-bond donors (Lipinski definition) is 0. The maximum absolute atomic E-state index is 10.7. The molecule has 12 heavy (non-hydrogen) atoms. The van der Waals surface area contributed by atoms with Crippen molar-refractivity contribution in [1.29, 1.82) is 0 Å². The molecule has 1 fully saturated rings. The first-order valence-corrected chi connectivity index (χ1v) is 6.01. The topological polar surface area (TPSA) is 51.2 Å². The minimum absolute atomic E-state index is 0.192. The molecule has 0 aromatic rings. The number of sulfone groups is 1. The highest BCUT2D eigenvalue weighted by Crippen LogP contribution is 2.23. The predicted molar refractivity (Wildman–Crippen MR) is 46.7 cm³/mol. The second-order valence-electron chi connectivity index (χ2n) is 3.54. The van der Waals surface area contributed by atoms with Crippen molar-refractivity contribution in [3.8, 4) is 0 Å². The van der Waals surface area contributed by atoms with Crippen LogP contribution < -0.4 is 0 Å². The Balaban J connectivity index is 2.08. The number of ketones is 1. The van der Waals surface area contributed by atoms with Crippen molar-refractivity contribution < 1.29 is 13.2 Å². The quantitative estimate of drug-likeness (QED) is 0.658. The Bertz CT molecular complexity index is 254. The van der Waals surface area contributed by atoms with Gasteiger partial charge in [-0.3, -0.25) is 0 Å². The molecule has 4 heteroatoms. The molecular formula is C8H14O3S. The van der Waals surface area contributed by atoms with E-state index in [2.05, 4.69) is 0 Å². The van der Waals surface area contributed by atoms with Gasteiger partial charge in [0.25, 0.3) is 0 Å². The number of Topliss-reactive ketones (excluding diaryl/α,β-unsaturated/α-hetero) is 1. The molecule has 0 radical (unpaired) electrons. The van der Waals surface area contributed by atoms with Crippen LogP contribution in [0.4, 0.5) is 0 Å². The lowest BCUT2D eigenvalue weighted by Gasteiger charge is -2.25. The normalized spacial score (nSPS) is 21.8. The summed E-state index contributed by atoms with van der Waals surface area (Å²) in [6.07, 6.45) is 2.32. The summed E-state index contributed by atoms with van der Waals surface area (Å²) in [6.45, 7) is 1.57. The Morgan fingerprint density at radius 3 is 2.42 bits per heavy atom. The van der Waals surface area contributed by atoms with E-state index in [0.717, 1.165) is 12.8 Å². The summed E-state index contributed by atoms with van der Waals surface area (Å²) >= 11 is 0. The summed E-state index contributed by atoms with van der Waals surface area (Å²) in [6, 6.07) is 0. The van der Waals surface area contributed by atoms with Gasteiger partial charge in [-0.2, -0.15) is 0 Å². The summed E-state index contributed by atoms with van der Waals surface area (Å²) < 4.78 is 21.5. The lowest BCUT2D eigenvalue weighted by atomic mass is 10.0. The SMILES string of the molecule is CC(=O)CCCC1CS(=O)(=O)C1. The number of rotatable bonds is 4. The standard InChI is InChI=1S/C8H14O3S/c1-7(9)3-2-4-8-5-12(10,11)6-8/h8H,2-6H2,1H3. The maximum Gasteiger partial charge on any atom is 0.150 e. The molecule has 1 heterocycles. The van der Waals surface area contributed by atoms with Crippen LogP contribution in [0.1, 0.15) is 26.2 Å². The van der Waals surface area contributed by atoms with Crippen LogP contribution in [0.2, 0.25) is 0 Å². The third-order valence-electron chi connectivity index (χ3n) is 2.12. The van der Waals surface area contributed by atoms with Crippen LogP contribution in [0, 0.1) is 5.92 Å². The lowest BCUT2D eigenvalue weighted by Crippen LogP contribution is -2.36. The van der Waals surface area contributed by atoms with E-state index in [1.54, 1.807) is 6.92 Å². The fraction of sp³-hybridized carbons (Fsp3) is 0.875. The van der Waals surface area contributed by atoms with E-state index in [9.17, 15) is 13.2 Å². The molecule has 0 unspecified atom stereocenters. The van der Waals surface area contributed by atoms with Gasteiger partial charge in [0.1, 0.15) is 5.78 Å². The largest absolute Gasteiger partial charge is 0.300 e. The van der Waals surface area contributed by atoms with Crippen molar-refractivity contribution in [3.63, 3.8) is 0 Å². The third-order valence-corrected chi connectivity index (χ3v) is 4.08. The molecule has 3 nitrogen and oxygen atoms in total. The molecule has 0 aromatic carbocycles. The van der Waals surface area contributed by atoms with Gasteiger partial charge in [-0.1, -0.05) is 0 Å². The minimum Gasteiger partial charge on any atom is -0.300 e. The van der Waals surface area contributed by atoms with E-state index in [1.807, 2.05) is 0 Å². The minimum atomic E-state index is -2.67. The Morgan fingerprint density at radius 2 is 2.00 bits per heavy atom. The molecule has 1 aliphatic rings. The van der Waals surface area contributed by atoms with E-state index < -0.39 is 9.84 Å². The Labute approximate surface area is 73.1 Å². The first kappa shape index (κ1) is 9.71. The molecule has 0 saturated carbocycles. The van der Waals surface area contributed by atoms with Crippen LogP contribution >= 0.6 is 0 Å². The molecular weight excluding hydrogens is 176 g/mol. The summed E-state index contributed by atoms with van der Waals surface area (Å²) in [5.41, 5.74) is 0. The third kappa shape index (κ3) is 2.93. The second kappa shape index (κ2) is 3.56. The molecule has 1 aliphatic heterocycles. The Hall–Kier alpha value is -0.380. The summed E-state index contributed by atoms with van der Waals surface area (Å²) in [5.74, 6) is 1.20. The van der Waals surface area contributed by atoms with Gasteiger partial charge in [0.2, 0.25) is 0 Å². The smallest absolute Gasteiger partial charge is 0.150 e. The van der Waals surface area contributed by atoms with Gasteiger partial charge in [0.15, 0.2) is 9.84 Å². The average molecular weight is 190 g/mol. The first-order chi connectivity index (χ1) is 5.49. The summed E-state index contributed by atoms with van der Waals surface area (Å²) in [4.78, 5) is 10.5. The van der Waals surface area contributed by atoms with Crippen molar-refractivity contribution in [1.82, 2.24) is 0 Å². The molecule has 0 atom stereocenters. The van der Waals surface area contributed by atoms with Crippen LogP contribution in [0.25, 0.3) is 0 Å². The Kier molecular flexibility index (Phi) is 2.88. The highest BCUT2D eigenvalue weighted by Gasteiger charge is 2.32. The van der Waals surface area contributed by atoms with Gasteiger partial charge in [-0.15, -0.1) is 0 Å². The fourth-order valence-corrected chi connectivity index (χ4v) is 3.15. The molecule has 1 saturated heterocycles. The van der Waals surface area contributed by atoms with E-state index in [-0.39, 0.29) is 5.78 Å². The summed E-state index contributed by atoms with van der Waals surface area (Å²) in [7, 11) is -2.67. The number of carbonyl (C=O) groups is 1. The number of hydrogen-bond acceptors (Lipinski definition) is 3. The van der Waals surface area contributed by atoms with Crippen LogP contribution in [-0.4, -0.2) is 25.7 Å². The van der Waals surface area contributed by atoms with Crippen molar-refractivity contribution >= 4 is 15.6 Å². The van der Waals surface area contributed by atoms with Crippen LogP contribution in [0.5, 0.6) is 0 Å². The fourth-order valence-electron chi connectivity index (χ4n) is 1.48. The molecule has 0 spiro atoms. The molecule has 0 amide bonds. The zero-order valence-electron chi connectivity index (χ0n) is 7.25. The zero-order valence-corrected chi connectivity index (χ0v) is 8.06. The van der Waals surface area contributed by atoms with Crippen molar-refractivity contribution in [2.75, 3.05) is 11.5 Å². The second-order valence-corrected chi connectivity index (χ2v) is 5.69. The highest BCUT2D eigenvalue weighted by molar-refractivity contribution is 7.92. The Morgan fingerprint density at radius 1 is 1.42 bits per heavy atom. The highest BCUT2D eigenvalue weighted by atomic mass is 32.2. The van der Waals surface area contributed by atoms with Crippen LogP contribution in [0.15, 0.2) is 0 Å². The molecule has 0 aromatic heterocycles. The molecule has 0 aliphatic carbocycles. The summed E-state index contributed by atoms with van der Waals surface area (Å²) in [5, 5.41) is 0. The van der Waals surface area contributed by atoms with Crippen LogP contribution in [0.3, 0.4) is 0 Å². The first-order valence-electron chi connectivity index (χ1n) is 4.19. The van der Waals surface area contributed by atoms with Crippen LogP contribution in [-0.2, 0) is 14.6 Å². The van der Waals surface area contributed by atoms with E-state index in [4.69, 9.17) is 0 Å². The molecule has 70 valence electrons. The number of carbonyl (C=O) groups excluding carboxylic acids is 1. The van der Waals surface area contributed by atoms with Gasteiger partial charge in [-0.05, 0) is 25.7 Å². The van der Waals surface area contributed by atoms with Gasteiger partial charge < -0.3 is 4.79 Å². The average Bonchev–Trinajstić information content (AvgIpc) is 1.82. The molecule has 0 bridgehead atoms. The monoisotopic (exact) mass is 190 g/mol. The van der Waals surface area contributed by atoms with Gasteiger partial charge in [0, 0.05) is 6.42 Å². The zero-order chi connectivity index (χ0) is 9.19. The van der Waals surface area contributed by atoms with E-state index in [1.165, 1.54) is 0 Å². The predicted octanol–water partition coefficient (Wildman–Crippen LogP) is 0.790. The maximum atomic E-state index is 10.7. The van der Waals surface area contributed by atoms with Gasteiger partial charge >= 0.3 is 0 Å². The van der Waals surface area contributed by atoms with Crippen molar-refractivity contribution in [2.24, 2.45) is 5.92 Å². The van der Waals surface area contributed by atoms with E-state index in [0.29, 0.717) is 23.8 Å². The van der Waals surface area contributed by atoms with Gasteiger partial charge in [0.05, 0.1) is 11.5 Å². The van der Waals surface area contributed by atoms with Crippen molar-refractivity contribution in [3.05, 3.63) is 0 Å². The molecule has 0 N–H and O–H groups in total. The van der Waals surface area contributed by atoms with Gasteiger partial charge in [-0.25, -0.2) is 8.42 Å². The lowest BCUT2D eigenvalue weighted by molar-refractivity contribution is -0.117.